The van der Waals surface area contributed by atoms with Gasteiger partial charge < -0.3 is 11.1 Å². The lowest BCUT2D eigenvalue weighted by atomic mass is 10.0. The van der Waals surface area contributed by atoms with E-state index in [1.807, 2.05) is 0 Å². The highest BCUT2D eigenvalue weighted by molar-refractivity contribution is 5.78. The Kier molecular flexibility index (Phi) is 7.83. The van der Waals surface area contributed by atoms with E-state index in [1.54, 1.807) is 0 Å². The van der Waals surface area contributed by atoms with E-state index >= 15 is 0 Å². The molecule has 0 saturated carbocycles. The molecule has 1 atom stereocenters. The molecule has 1 rings (SSSR count). The molecule has 4 nitrogen and oxygen atoms in total. The van der Waals surface area contributed by atoms with E-state index < -0.39 is 0 Å². The van der Waals surface area contributed by atoms with Gasteiger partial charge in [0, 0.05) is 12.1 Å². The summed E-state index contributed by atoms with van der Waals surface area (Å²) in [7, 11) is 0. The second-order valence-electron chi connectivity index (χ2n) is 5.59. The number of nitrogens with zero attached hydrogens (tertiary/aromatic N) is 2. The van der Waals surface area contributed by atoms with E-state index in [4.69, 9.17) is 5.73 Å². The highest BCUT2D eigenvalue weighted by Crippen LogP contribution is 2.09. The first kappa shape index (κ1) is 17.5. The van der Waals surface area contributed by atoms with Gasteiger partial charge in [-0.2, -0.15) is 0 Å². The first-order chi connectivity index (χ1) is 10.1. The van der Waals surface area contributed by atoms with Crippen molar-refractivity contribution in [3.8, 4) is 0 Å². The molecule has 0 aromatic heterocycles. The van der Waals surface area contributed by atoms with Gasteiger partial charge >= 0.3 is 0 Å². The van der Waals surface area contributed by atoms with Crippen molar-refractivity contribution in [2.75, 3.05) is 19.6 Å². The fraction of sp³-hybridized carbons (Fsp3) is 0.588. The Hall–Kier alpha value is -1.55. The number of nitrogens with one attached hydrogen (secondary N) is 1. The zero-order chi connectivity index (χ0) is 15.7. The molecule has 0 aliphatic heterocycles. The lowest BCUT2D eigenvalue weighted by Gasteiger charge is -2.28. The van der Waals surface area contributed by atoms with Crippen LogP contribution in [0, 0.1) is 0 Å². The van der Waals surface area contributed by atoms with E-state index in [0.29, 0.717) is 18.0 Å². The Morgan fingerprint density at radius 1 is 1.19 bits per heavy atom. The third kappa shape index (κ3) is 6.63. The van der Waals surface area contributed by atoms with Crippen molar-refractivity contribution in [2.45, 2.75) is 46.2 Å². The van der Waals surface area contributed by atoms with Crippen LogP contribution in [0.3, 0.4) is 0 Å². The van der Waals surface area contributed by atoms with Crippen molar-refractivity contribution >= 4 is 5.96 Å². The quantitative estimate of drug-likeness (QED) is 0.570. The summed E-state index contributed by atoms with van der Waals surface area (Å²) in [6, 6.07) is 11.3. The number of likely N-dealkylation sites (N-methyl/N-ethyl adjacent to an activating group) is 1. The van der Waals surface area contributed by atoms with Crippen molar-refractivity contribution in [1.29, 1.82) is 0 Å². The van der Waals surface area contributed by atoms with Crippen LogP contribution in [-0.4, -0.2) is 42.6 Å². The minimum atomic E-state index is 0.315. The first-order valence-electron chi connectivity index (χ1n) is 7.91. The van der Waals surface area contributed by atoms with Crippen LogP contribution in [0.5, 0.6) is 0 Å². The van der Waals surface area contributed by atoms with Crippen LogP contribution in [0.25, 0.3) is 0 Å². The van der Waals surface area contributed by atoms with Gasteiger partial charge in [0.05, 0.1) is 6.54 Å². The number of benzene rings is 1. The maximum absolute atomic E-state index is 5.92. The summed E-state index contributed by atoms with van der Waals surface area (Å²) < 4.78 is 0. The van der Waals surface area contributed by atoms with Gasteiger partial charge in [-0.1, -0.05) is 44.2 Å². The Balaban J connectivity index is 2.73. The van der Waals surface area contributed by atoms with Crippen molar-refractivity contribution in [3.05, 3.63) is 35.9 Å². The van der Waals surface area contributed by atoms with E-state index in [1.165, 1.54) is 5.56 Å². The summed E-state index contributed by atoms with van der Waals surface area (Å²) in [5.41, 5.74) is 7.27. The van der Waals surface area contributed by atoms with Crippen LogP contribution in [-0.2, 0) is 6.42 Å². The zero-order valence-electron chi connectivity index (χ0n) is 13.8. The maximum atomic E-state index is 5.92. The first-order valence-corrected chi connectivity index (χ1v) is 7.91. The maximum Gasteiger partial charge on any atom is 0.188 e. The molecule has 4 heteroatoms. The van der Waals surface area contributed by atoms with E-state index in [-0.39, 0.29) is 0 Å². The molecular formula is C17H30N4. The van der Waals surface area contributed by atoms with E-state index in [2.05, 4.69) is 73.2 Å². The molecule has 1 unspecified atom stereocenters. The molecule has 0 bridgehead atoms. The van der Waals surface area contributed by atoms with Gasteiger partial charge in [0.25, 0.3) is 0 Å². The van der Waals surface area contributed by atoms with E-state index in [0.717, 1.165) is 26.1 Å². The summed E-state index contributed by atoms with van der Waals surface area (Å²) in [6.07, 6.45) is 1.00. The lowest BCUT2D eigenvalue weighted by molar-refractivity contribution is 0.220. The number of hydrogen-bond acceptors (Lipinski definition) is 2. The molecule has 1 aromatic carbocycles. The lowest BCUT2D eigenvalue weighted by Crippen LogP contribution is -2.41. The van der Waals surface area contributed by atoms with Crippen LogP contribution in [0.15, 0.2) is 35.3 Å². The topological polar surface area (TPSA) is 53.6 Å². The van der Waals surface area contributed by atoms with Crippen LogP contribution in [0.4, 0.5) is 0 Å². The molecule has 0 amide bonds. The van der Waals surface area contributed by atoms with Gasteiger partial charge in [-0.15, -0.1) is 0 Å². The monoisotopic (exact) mass is 290 g/mol. The number of aliphatic imine (C=N–C) groups is 1. The third-order valence-electron chi connectivity index (χ3n) is 3.55. The minimum absolute atomic E-state index is 0.315. The van der Waals surface area contributed by atoms with Gasteiger partial charge in [-0.05, 0) is 38.9 Å². The predicted molar refractivity (Wildman–Crippen MR) is 91.6 cm³/mol. The Bertz CT molecular complexity index is 410. The second kappa shape index (κ2) is 9.40. The molecule has 21 heavy (non-hydrogen) atoms. The van der Waals surface area contributed by atoms with Crippen LogP contribution in [0.2, 0.25) is 0 Å². The van der Waals surface area contributed by atoms with Crippen molar-refractivity contribution in [2.24, 2.45) is 10.7 Å². The SMILES string of the molecule is CCN(CC)C(CN=C(N)NC(C)C)Cc1ccccc1. The zero-order valence-corrected chi connectivity index (χ0v) is 13.8. The fourth-order valence-electron chi connectivity index (χ4n) is 2.48. The summed E-state index contributed by atoms with van der Waals surface area (Å²) in [4.78, 5) is 6.96. The third-order valence-corrected chi connectivity index (χ3v) is 3.55. The van der Waals surface area contributed by atoms with Crippen LogP contribution in [0.1, 0.15) is 33.3 Å². The highest BCUT2D eigenvalue weighted by atomic mass is 15.2. The molecule has 0 radical (unpaired) electrons. The summed E-state index contributed by atoms with van der Waals surface area (Å²) >= 11 is 0. The largest absolute Gasteiger partial charge is 0.370 e. The number of guanidine groups is 1. The molecule has 1 aromatic rings. The molecule has 0 fully saturated rings. The predicted octanol–water partition coefficient (Wildman–Crippen LogP) is 2.25. The van der Waals surface area contributed by atoms with Crippen molar-refractivity contribution in [3.63, 3.8) is 0 Å². The molecule has 118 valence electrons. The molecule has 3 N–H and O–H groups in total. The fourth-order valence-corrected chi connectivity index (χ4v) is 2.48. The molecule has 0 aliphatic carbocycles. The summed E-state index contributed by atoms with van der Waals surface area (Å²) in [5, 5.41) is 3.15. The van der Waals surface area contributed by atoms with Gasteiger partial charge in [0.15, 0.2) is 5.96 Å². The average molecular weight is 290 g/mol. The van der Waals surface area contributed by atoms with Gasteiger partial charge in [0.1, 0.15) is 0 Å². The molecular weight excluding hydrogens is 260 g/mol. The Morgan fingerprint density at radius 2 is 1.81 bits per heavy atom. The average Bonchev–Trinajstić information content (AvgIpc) is 2.46. The van der Waals surface area contributed by atoms with Gasteiger partial charge in [0.2, 0.25) is 0 Å². The summed E-state index contributed by atoms with van der Waals surface area (Å²) in [5.74, 6) is 0.537. The van der Waals surface area contributed by atoms with Gasteiger partial charge in [-0.25, -0.2) is 0 Å². The molecule has 0 spiro atoms. The normalized spacial score (nSPS) is 13.7. The molecule has 0 heterocycles. The highest BCUT2D eigenvalue weighted by Gasteiger charge is 2.16. The van der Waals surface area contributed by atoms with Crippen molar-refractivity contribution < 1.29 is 0 Å². The van der Waals surface area contributed by atoms with Crippen LogP contribution < -0.4 is 11.1 Å². The van der Waals surface area contributed by atoms with Crippen molar-refractivity contribution in [1.82, 2.24) is 10.2 Å². The van der Waals surface area contributed by atoms with Gasteiger partial charge in [-0.3, -0.25) is 9.89 Å². The molecule has 0 saturated heterocycles. The summed E-state index contributed by atoms with van der Waals surface area (Å²) in [6.45, 7) is 11.3. The minimum Gasteiger partial charge on any atom is -0.370 e. The Labute approximate surface area is 129 Å². The Morgan fingerprint density at radius 3 is 2.33 bits per heavy atom. The number of rotatable bonds is 8. The van der Waals surface area contributed by atoms with E-state index in [9.17, 15) is 0 Å². The number of hydrogen-bond donors (Lipinski definition) is 2. The standard InChI is InChI=1S/C17H30N4/c1-5-21(6-2)16(12-15-10-8-7-9-11-15)13-19-17(18)20-14(3)4/h7-11,14,16H,5-6,12-13H2,1-4H3,(H3,18,19,20). The second-order valence-corrected chi connectivity index (χ2v) is 5.59. The molecule has 0 aliphatic rings. The van der Waals surface area contributed by atoms with Crippen LogP contribution >= 0.6 is 0 Å². The number of nitrogens with two attached hydrogens (primary N) is 1. The smallest absolute Gasteiger partial charge is 0.188 e.